The van der Waals surface area contributed by atoms with Crippen molar-refractivity contribution >= 4 is 16.8 Å². The Morgan fingerprint density at radius 2 is 1.89 bits per heavy atom. The Morgan fingerprint density at radius 3 is 2.68 bits per heavy atom. The van der Waals surface area contributed by atoms with Gasteiger partial charge in [-0.25, -0.2) is 15.0 Å². The van der Waals surface area contributed by atoms with E-state index in [0.717, 1.165) is 48.1 Å². The molecule has 0 spiro atoms. The van der Waals surface area contributed by atoms with Gasteiger partial charge in [0.2, 0.25) is 5.78 Å². The Bertz CT molecular complexity index is 1690. The second-order valence-corrected chi connectivity index (χ2v) is 9.40. The number of imidazole rings is 1. The number of nitriles is 1. The van der Waals surface area contributed by atoms with Crippen molar-refractivity contribution in [2.45, 2.75) is 25.5 Å². The average Bonchev–Trinajstić information content (AvgIpc) is 3.30. The van der Waals surface area contributed by atoms with Crippen LogP contribution in [0.3, 0.4) is 0 Å². The third-order valence-corrected chi connectivity index (χ3v) is 6.80. The van der Waals surface area contributed by atoms with E-state index in [0.29, 0.717) is 29.5 Å². The molecule has 9 nitrogen and oxygen atoms in total. The zero-order valence-electron chi connectivity index (χ0n) is 20.4. The topological polar surface area (TPSA) is 101 Å². The predicted octanol–water partition coefficient (Wildman–Crippen LogP) is 3.50. The molecular weight excluding hydrogens is 466 g/mol. The molecule has 3 aromatic heterocycles. The number of aromatic nitrogens is 5. The van der Waals surface area contributed by atoms with Gasteiger partial charge in [-0.2, -0.15) is 5.26 Å². The fourth-order valence-electron chi connectivity index (χ4n) is 4.78. The summed E-state index contributed by atoms with van der Waals surface area (Å²) in [7, 11) is 2.13. The van der Waals surface area contributed by atoms with E-state index in [2.05, 4.69) is 33.0 Å². The molecule has 6 rings (SSSR count). The number of rotatable bonds is 5. The van der Waals surface area contributed by atoms with Crippen molar-refractivity contribution in [3.63, 3.8) is 0 Å². The van der Waals surface area contributed by atoms with Crippen molar-refractivity contribution < 1.29 is 4.74 Å². The van der Waals surface area contributed by atoms with Gasteiger partial charge in [0, 0.05) is 30.9 Å². The lowest BCUT2D eigenvalue weighted by molar-refractivity contribution is 0.113. The summed E-state index contributed by atoms with van der Waals surface area (Å²) in [6.45, 7) is 2.40. The van der Waals surface area contributed by atoms with Crippen LogP contribution in [-0.2, 0) is 6.54 Å². The van der Waals surface area contributed by atoms with E-state index in [1.54, 1.807) is 41.4 Å². The standard InChI is InChI=1S/C28H25N7O2/c1-33-10-7-22(8-11-33)37-23-16-30-27(31-17-23)21-4-2-3-20(13-21)18-35-26(36)9-12-34-25-14-19(15-29)5-6-24(25)32-28(34)35/h2-6,9,12-14,16-17,22H,7-8,10-11,18H2,1H3. The molecule has 2 aromatic carbocycles. The molecule has 0 atom stereocenters. The van der Waals surface area contributed by atoms with Crippen LogP contribution >= 0.6 is 0 Å². The highest BCUT2D eigenvalue weighted by Crippen LogP contribution is 2.22. The van der Waals surface area contributed by atoms with Crippen molar-refractivity contribution in [3.8, 4) is 23.2 Å². The minimum atomic E-state index is -0.152. The van der Waals surface area contributed by atoms with Crippen LogP contribution in [-0.4, -0.2) is 55.1 Å². The second-order valence-electron chi connectivity index (χ2n) is 9.40. The first-order chi connectivity index (χ1) is 18.1. The molecule has 0 radical (unpaired) electrons. The normalized spacial score (nSPS) is 14.7. The van der Waals surface area contributed by atoms with E-state index in [9.17, 15) is 10.1 Å². The summed E-state index contributed by atoms with van der Waals surface area (Å²) in [5.74, 6) is 1.80. The van der Waals surface area contributed by atoms with Crippen LogP contribution < -0.4 is 10.3 Å². The zero-order chi connectivity index (χ0) is 25.4. The van der Waals surface area contributed by atoms with Gasteiger partial charge in [-0.15, -0.1) is 0 Å². The van der Waals surface area contributed by atoms with Gasteiger partial charge in [-0.1, -0.05) is 18.2 Å². The van der Waals surface area contributed by atoms with Gasteiger partial charge in [0.1, 0.15) is 6.10 Å². The molecule has 4 heterocycles. The van der Waals surface area contributed by atoms with Crippen LogP contribution in [0.1, 0.15) is 24.0 Å². The van der Waals surface area contributed by atoms with E-state index in [-0.39, 0.29) is 11.7 Å². The summed E-state index contributed by atoms with van der Waals surface area (Å²) in [5, 5.41) is 9.26. The second kappa shape index (κ2) is 9.48. The van der Waals surface area contributed by atoms with Gasteiger partial charge in [0.05, 0.1) is 41.6 Å². The van der Waals surface area contributed by atoms with E-state index in [1.165, 1.54) is 6.07 Å². The zero-order valence-corrected chi connectivity index (χ0v) is 20.4. The Morgan fingerprint density at radius 1 is 1.08 bits per heavy atom. The van der Waals surface area contributed by atoms with Crippen LogP contribution in [0.15, 0.2) is 71.9 Å². The number of hydrogen-bond donors (Lipinski definition) is 0. The summed E-state index contributed by atoms with van der Waals surface area (Å²) in [5.41, 5.74) is 3.68. The largest absolute Gasteiger partial charge is 0.487 e. The van der Waals surface area contributed by atoms with Crippen molar-refractivity contribution in [2.75, 3.05) is 20.1 Å². The lowest BCUT2D eigenvalue weighted by Gasteiger charge is -2.29. The van der Waals surface area contributed by atoms with Crippen LogP contribution in [0.2, 0.25) is 0 Å². The molecule has 0 amide bonds. The van der Waals surface area contributed by atoms with Crippen molar-refractivity contribution in [1.82, 2.24) is 28.8 Å². The molecule has 0 N–H and O–H groups in total. The fourth-order valence-corrected chi connectivity index (χ4v) is 4.78. The number of ether oxygens (including phenoxy) is 1. The summed E-state index contributed by atoms with van der Waals surface area (Å²) in [6, 6.07) is 16.8. The highest BCUT2D eigenvalue weighted by Gasteiger charge is 2.18. The van der Waals surface area contributed by atoms with E-state index in [1.807, 2.05) is 28.7 Å². The van der Waals surface area contributed by atoms with Gasteiger partial charge in [0.25, 0.3) is 5.56 Å². The van der Waals surface area contributed by atoms with Crippen molar-refractivity contribution in [1.29, 1.82) is 5.26 Å². The SMILES string of the molecule is CN1CCC(Oc2cnc(-c3cccc(Cn4c(=O)ccn5c6cc(C#N)ccc6nc45)c3)nc2)CC1. The van der Waals surface area contributed by atoms with Gasteiger partial charge < -0.3 is 9.64 Å². The number of piperidine rings is 1. The molecule has 1 aliphatic heterocycles. The lowest BCUT2D eigenvalue weighted by Crippen LogP contribution is -2.35. The first-order valence-electron chi connectivity index (χ1n) is 12.3. The first kappa shape index (κ1) is 22.9. The molecule has 1 saturated heterocycles. The predicted molar refractivity (Wildman–Crippen MR) is 139 cm³/mol. The first-order valence-corrected chi connectivity index (χ1v) is 12.3. The lowest BCUT2D eigenvalue weighted by atomic mass is 10.1. The third-order valence-electron chi connectivity index (χ3n) is 6.80. The average molecular weight is 492 g/mol. The number of fused-ring (bicyclic) bond motifs is 3. The Labute approximate surface area is 213 Å². The van der Waals surface area contributed by atoms with Crippen LogP contribution in [0.25, 0.3) is 28.2 Å². The highest BCUT2D eigenvalue weighted by molar-refractivity contribution is 5.81. The minimum absolute atomic E-state index is 0.152. The maximum atomic E-state index is 12.8. The summed E-state index contributed by atoms with van der Waals surface area (Å²) >= 11 is 0. The van der Waals surface area contributed by atoms with E-state index < -0.39 is 0 Å². The quantitative estimate of drug-likeness (QED) is 0.371. The van der Waals surface area contributed by atoms with Crippen LogP contribution in [0.5, 0.6) is 5.75 Å². The molecule has 0 aliphatic carbocycles. The minimum Gasteiger partial charge on any atom is -0.487 e. The summed E-state index contributed by atoms with van der Waals surface area (Å²) in [6.07, 6.45) is 7.34. The van der Waals surface area contributed by atoms with Gasteiger partial charge >= 0.3 is 0 Å². The van der Waals surface area contributed by atoms with E-state index in [4.69, 9.17) is 4.74 Å². The molecular formula is C28H25N7O2. The fraction of sp³-hybridized carbons (Fsp3) is 0.250. The third kappa shape index (κ3) is 4.55. The molecule has 9 heteroatoms. The monoisotopic (exact) mass is 491 g/mol. The molecule has 0 saturated carbocycles. The van der Waals surface area contributed by atoms with Crippen molar-refractivity contribution in [2.24, 2.45) is 0 Å². The maximum absolute atomic E-state index is 12.8. The Kier molecular flexibility index (Phi) is 5.87. The summed E-state index contributed by atoms with van der Waals surface area (Å²) in [4.78, 5) is 28.9. The number of benzene rings is 2. The summed E-state index contributed by atoms with van der Waals surface area (Å²) < 4.78 is 9.54. The Hall–Kier alpha value is -4.55. The highest BCUT2D eigenvalue weighted by atomic mass is 16.5. The number of hydrogen-bond acceptors (Lipinski definition) is 7. The molecule has 0 unspecified atom stereocenters. The number of nitrogens with zero attached hydrogens (tertiary/aromatic N) is 7. The molecule has 5 aromatic rings. The van der Waals surface area contributed by atoms with Gasteiger partial charge in [-0.05, 0) is 49.7 Å². The maximum Gasteiger partial charge on any atom is 0.255 e. The van der Waals surface area contributed by atoms with Gasteiger partial charge in [0.15, 0.2) is 11.6 Å². The van der Waals surface area contributed by atoms with Crippen LogP contribution in [0.4, 0.5) is 0 Å². The van der Waals surface area contributed by atoms with E-state index >= 15 is 0 Å². The van der Waals surface area contributed by atoms with Crippen molar-refractivity contribution in [3.05, 3.63) is 88.6 Å². The molecule has 0 bridgehead atoms. The molecule has 1 fully saturated rings. The van der Waals surface area contributed by atoms with Crippen LogP contribution in [0, 0.1) is 11.3 Å². The number of likely N-dealkylation sites (tertiary alicyclic amines) is 1. The smallest absolute Gasteiger partial charge is 0.255 e. The molecule has 184 valence electrons. The molecule has 1 aliphatic rings. The molecule has 37 heavy (non-hydrogen) atoms. The van der Waals surface area contributed by atoms with Gasteiger partial charge in [-0.3, -0.25) is 13.8 Å². The Balaban J connectivity index is 1.26.